The van der Waals surface area contributed by atoms with Crippen molar-refractivity contribution in [1.29, 1.82) is 0 Å². The fourth-order valence-corrected chi connectivity index (χ4v) is 2.93. The number of hydrogen-bond acceptors (Lipinski definition) is 5. The highest BCUT2D eigenvalue weighted by Crippen LogP contribution is 2.39. The summed E-state index contributed by atoms with van der Waals surface area (Å²) in [4.78, 5) is 20.4. The van der Waals surface area contributed by atoms with E-state index in [-0.39, 0.29) is 11.4 Å². The maximum Gasteiger partial charge on any atom is 0.221 e. The molecule has 100 valence electrons. The van der Waals surface area contributed by atoms with Crippen LogP contribution in [-0.2, 0) is 16.8 Å². The number of carbonyl (C=O) groups excluding carboxylic acids is 1. The summed E-state index contributed by atoms with van der Waals surface area (Å²) < 4.78 is 0. The third-order valence-electron chi connectivity index (χ3n) is 3.50. The lowest BCUT2D eigenvalue weighted by Gasteiger charge is -2.40. The number of aromatic amines is 1. The van der Waals surface area contributed by atoms with Gasteiger partial charge in [-0.2, -0.15) is 5.10 Å². The van der Waals surface area contributed by atoms with Gasteiger partial charge in [-0.15, -0.1) is 11.3 Å². The van der Waals surface area contributed by atoms with E-state index in [2.05, 4.69) is 25.5 Å². The molecular weight excluding hydrogens is 262 g/mol. The van der Waals surface area contributed by atoms with Gasteiger partial charge in [-0.3, -0.25) is 9.89 Å². The van der Waals surface area contributed by atoms with E-state index in [0.29, 0.717) is 12.8 Å². The zero-order chi connectivity index (χ0) is 13.1. The summed E-state index contributed by atoms with van der Waals surface area (Å²) in [5, 5.41) is 12.8. The smallest absolute Gasteiger partial charge is 0.221 e. The molecule has 0 unspecified atom stereocenters. The summed E-state index contributed by atoms with van der Waals surface area (Å²) in [6, 6.07) is 0. The average Bonchev–Trinajstić information content (AvgIpc) is 3.03. The summed E-state index contributed by atoms with van der Waals surface area (Å²) in [5.41, 5.74) is -0.323. The van der Waals surface area contributed by atoms with Gasteiger partial charge < -0.3 is 5.32 Å². The number of nitrogens with zero attached hydrogens (tertiary/aromatic N) is 3. The Kier molecular flexibility index (Phi) is 3.29. The predicted molar refractivity (Wildman–Crippen MR) is 70.5 cm³/mol. The molecule has 1 aliphatic rings. The quantitative estimate of drug-likeness (QED) is 0.865. The first-order valence-electron chi connectivity index (χ1n) is 6.34. The average molecular weight is 277 g/mol. The molecule has 0 saturated heterocycles. The van der Waals surface area contributed by atoms with Crippen LogP contribution in [0.15, 0.2) is 17.9 Å². The SMILES string of the molecule is O=C(CCc1nccs1)NC1(c2ncn[nH]2)CCC1. The molecule has 19 heavy (non-hydrogen) atoms. The summed E-state index contributed by atoms with van der Waals surface area (Å²) in [5.74, 6) is 0.813. The van der Waals surface area contributed by atoms with Gasteiger partial charge in [0.1, 0.15) is 12.2 Å². The number of aromatic nitrogens is 4. The van der Waals surface area contributed by atoms with Gasteiger partial charge in [0.2, 0.25) is 5.91 Å². The van der Waals surface area contributed by atoms with Crippen molar-refractivity contribution in [3.63, 3.8) is 0 Å². The Balaban J connectivity index is 1.59. The zero-order valence-electron chi connectivity index (χ0n) is 10.4. The van der Waals surface area contributed by atoms with Crippen molar-refractivity contribution in [3.05, 3.63) is 28.7 Å². The molecule has 0 bridgehead atoms. The minimum absolute atomic E-state index is 0.0475. The highest BCUT2D eigenvalue weighted by molar-refractivity contribution is 7.09. The first-order chi connectivity index (χ1) is 9.28. The molecule has 0 radical (unpaired) electrons. The van der Waals surface area contributed by atoms with Gasteiger partial charge in [0.05, 0.1) is 10.5 Å². The van der Waals surface area contributed by atoms with Crippen LogP contribution in [-0.4, -0.2) is 26.1 Å². The largest absolute Gasteiger partial charge is 0.343 e. The molecule has 2 heterocycles. The van der Waals surface area contributed by atoms with Crippen LogP contribution >= 0.6 is 11.3 Å². The molecule has 2 aromatic rings. The van der Waals surface area contributed by atoms with Gasteiger partial charge in [0, 0.05) is 24.4 Å². The van der Waals surface area contributed by atoms with Crippen LogP contribution in [0.4, 0.5) is 0 Å². The Hall–Kier alpha value is -1.76. The Morgan fingerprint density at radius 2 is 2.37 bits per heavy atom. The standard InChI is InChI=1S/C12H15N5OS/c18-9(2-3-10-13-6-7-19-10)16-12(4-1-5-12)11-14-8-15-17-11/h6-8H,1-5H2,(H,16,18)(H,14,15,17). The number of amides is 1. The molecular formula is C12H15N5OS. The fourth-order valence-electron chi connectivity index (χ4n) is 2.31. The molecule has 0 atom stereocenters. The highest BCUT2D eigenvalue weighted by atomic mass is 32.1. The Labute approximate surface area is 114 Å². The van der Waals surface area contributed by atoms with E-state index in [4.69, 9.17) is 0 Å². The van der Waals surface area contributed by atoms with Gasteiger partial charge in [-0.05, 0) is 19.3 Å². The number of hydrogen-bond donors (Lipinski definition) is 2. The number of carbonyl (C=O) groups is 1. The van der Waals surface area contributed by atoms with Crippen molar-refractivity contribution >= 4 is 17.2 Å². The van der Waals surface area contributed by atoms with Crippen molar-refractivity contribution in [2.75, 3.05) is 0 Å². The van der Waals surface area contributed by atoms with E-state index in [0.717, 1.165) is 30.1 Å². The van der Waals surface area contributed by atoms with Crippen LogP contribution in [0.2, 0.25) is 0 Å². The van der Waals surface area contributed by atoms with E-state index in [1.807, 2.05) is 5.38 Å². The number of thiazole rings is 1. The van der Waals surface area contributed by atoms with Crippen molar-refractivity contribution in [2.45, 2.75) is 37.6 Å². The van der Waals surface area contributed by atoms with Crippen molar-refractivity contribution < 1.29 is 4.79 Å². The first kappa shape index (κ1) is 12.3. The summed E-state index contributed by atoms with van der Waals surface area (Å²) in [7, 11) is 0. The van der Waals surface area contributed by atoms with Crippen molar-refractivity contribution in [2.24, 2.45) is 0 Å². The van der Waals surface area contributed by atoms with Crippen LogP contribution in [0, 0.1) is 0 Å². The van der Waals surface area contributed by atoms with Gasteiger partial charge >= 0.3 is 0 Å². The van der Waals surface area contributed by atoms with Crippen LogP contribution < -0.4 is 5.32 Å². The lowest BCUT2D eigenvalue weighted by molar-refractivity contribution is -0.124. The summed E-state index contributed by atoms with van der Waals surface area (Å²) in [6.45, 7) is 0. The van der Waals surface area contributed by atoms with Crippen molar-refractivity contribution in [1.82, 2.24) is 25.5 Å². The maximum absolute atomic E-state index is 12.0. The van der Waals surface area contributed by atoms with Crippen molar-refractivity contribution in [3.8, 4) is 0 Å². The minimum atomic E-state index is -0.323. The lowest BCUT2D eigenvalue weighted by Crippen LogP contribution is -2.51. The van der Waals surface area contributed by atoms with Crippen LogP contribution in [0.3, 0.4) is 0 Å². The predicted octanol–water partition coefficient (Wildman–Crippen LogP) is 1.39. The Bertz CT molecular complexity index is 532. The third kappa shape index (κ3) is 2.51. The van der Waals surface area contributed by atoms with Gasteiger partial charge in [0.15, 0.2) is 0 Å². The number of rotatable bonds is 5. The second-order valence-electron chi connectivity index (χ2n) is 4.74. The zero-order valence-corrected chi connectivity index (χ0v) is 11.2. The summed E-state index contributed by atoms with van der Waals surface area (Å²) in [6.07, 6.45) is 7.35. The molecule has 2 aromatic heterocycles. The highest BCUT2D eigenvalue weighted by Gasteiger charge is 2.42. The first-order valence-corrected chi connectivity index (χ1v) is 7.22. The van der Waals surface area contributed by atoms with Crippen LogP contribution in [0.1, 0.15) is 36.5 Å². The fraction of sp³-hybridized carbons (Fsp3) is 0.500. The molecule has 0 spiro atoms. The van der Waals surface area contributed by atoms with Crippen LogP contribution in [0.25, 0.3) is 0 Å². The van der Waals surface area contributed by atoms with E-state index in [1.165, 1.54) is 6.33 Å². The van der Waals surface area contributed by atoms with E-state index in [1.54, 1.807) is 17.5 Å². The molecule has 2 N–H and O–H groups in total. The van der Waals surface area contributed by atoms with Gasteiger partial charge in [0.25, 0.3) is 0 Å². The van der Waals surface area contributed by atoms with Crippen LogP contribution in [0.5, 0.6) is 0 Å². The Morgan fingerprint density at radius 1 is 1.47 bits per heavy atom. The third-order valence-corrected chi connectivity index (χ3v) is 4.34. The van der Waals surface area contributed by atoms with E-state index >= 15 is 0 Å². The second-order valence-corrected chi connectivity index (χ2v) is 5.72. The molecule has 1 aliphatic carbocycles. The monoisotopic (exact) mass is 277 g/mol. The molecule has 1 fully saturated rings. The molecule has 0 aromatic carbocycles. The maximum atomic E-state index is 12.0. The molecule has 3 rings (SSSR count). The Morgan fingerprint density at radius 3 is 2.95 bits per heavy atom. The normalized spacial score (nSPS) is 16.8. The number of H-pyrrole nitrogens is 1. The van der Waals surface area contributed by atoms with E-state index < -0.39 is 0 Å². The molecule has 1 saturated carbocycles. The number of nitrogens with one attached hydrogen (secondary N) is 2. The molecule has 7 heteroatoms. The van der Waals surface area contributed by atoms with Gasteiger partial charge in [-0.1, -0.05) is 0 Å². The summed E-state index contributed by atoms with van der Waals surface area (Å²) >= 11 is 1.58. The topological polar surface area (TPSA) is 83.6 Å². The number of aryl methyl sites for hydroxylation is 1. The van der Waals surface area contributed by atoms with E-state index in [9.17, 15) is 4.79 Å². The molecule has 6 nitrogen and oxygen atoms in total. The lowest BCUT2D eigenvalue weighted by atomic mass is 9.76. The van der Waals surface area contributed by atoms with Gasteiger partial charge in [-0.25, -0.2) is 9.97 Å². The minimum Gasteiger partial charge on any atom is -0.343 e. The molecule has 1 amide bonds. The second kappa shape index (κ2) is 5.08. The molecule has 0 aliphatic heterocycles.